The molecule has 8 heteroatoms. The first-order valence-electron chi connectivity index (χ1n) is 8.62. The third-order valence-corrected chi connectivity index (χ3v) is 4.41. The van der Waals surface area contributed by atoms with E-state index in [4.69, 9.17) is 16.3 Å². The molecule has 0 atom stereocenters. The van der Waals surface area contributed by atoms with Gasteiger partial charge in [-0.05, 0) is 54.6 Å². The van der Waals surface area contributed by atoms with Crippen LogP contribution in [0.3, 0.4) is 0 Å². The molecule has 2 aromatic carbocycles. The molecular formula is C21H14ClF2N3O2. The average Bonchev–Trinajstić information content (AvgIpc) is 3.07. The van der Waals surface area contributed by atoms with Gasteiger partial charge in [0.15, 0.2) is 6.61 Å². The molecule has 0 aliphatic heterocycles. The normalized spacial score (nSPS) is 10.9. The Morgan fingerprint density at radius 3 is 2.69 bits per heavy atom. The number of aromatic nitrogens is 2. The van der Waals surface area contributed by atoms with Crippen LogP contribution in [0.5, 0.6) is 5.75 Å². The van der Waals surface area contributed by atoms with Gasteiger partial charge in [-0.15, -0.1) is 0 Å². The zero-order chi connectivity index (χ0) is 20.4. The minimum Gasteiger partial charge on any atom is -0.484 e. The molecule has 146 valence electrons. The van der Waals surface area contributed by atoms with Crippen LogP contribution in [-0.2, 0) is 4.79 Å². The number of imidazole rings is 1. The first-order chi connectivity index (χ1) is 14.0. The van der Waals surface area contributed by atoms with Gasteiger partial charge in [0.25, 0.3) is 5.91 Å². The van der Waals surface area contributed by atoms with Crippen molar-refractivity contribution < 1.29 is 18.3 Å². The summed E-state index contributed by atoms with van der Waals surface area (Å²) in [5, 5.41) is 3.23. The van der Waals surface area contributed by atoms with Gasteiger partial charge in [0.1, 0.15) is 34.5 Å². The standard InChI is InChI=1S/C21H14ClF2N3O2/c22-13-4-7-15(8-5-13)29-12-19(28)26-21-20(16-11-14(23)6-9-17(16)24)25-18-3-1-2-10-27(18)21/h1-11H,12H2,(H,26,28). The van der Waals surface area contributed by atoms with Crippen LogP contribution in [0.15, 0.2) is 66.9 Å². The van der Waals surface area contributed by atoms with Crippen molar-refractivity contribution in [2.24, 2.45) is 0 Å². The van der Waals surface area contributed by atoms with Crippen LogP contribution in [0.1, 0.15) is 0 Å². The summed E-state index contributed by atoms with van der Waals surface area (Å²) in [6, 6.07) is 14.8. The molecule has 29 heavy (non-hydrogen) atoms. The van der Waals surface area contributed by atoms with E-state index in [9.17, 15) is 13.6 Å². The van der Waals surface area contributed by atoms with E-state index in [2.05, 4.69) is 10.3 Å². The Morgan fingerprint density at radius 2 is 1.90 bits per heavy atom. The predicted octanol–water partition coefficient (Wildman–Crippen LogP) is 4.95. The molecule has 4 rings (SSSR count). The van der Waals surface area contributed by atoms with E-state index in [0.29, 0.717) is 16.4 Å². The Labute approximate surface area is 169 Å². The van der Waals surface area contributed by atoms with Crippen molar-refractivity contribution in [2.75, 3.05) is 11.9 Å². The molecule has 0 radical (unpaired) electrons. The molecule has 0 saturated carbocycles. The summed E-state index contributed by atoms with van der Waals surface area (Å²) >= 11 is 5.82. The van der Waals surface area contributed by atoms with Crippen molar-refractivity contribution in [3.63, 3.8) is 0 Å². The summed E-state index contributed by atoms with van der Waals surface area (Å²) in [7, 11) is 0. The number of ether oxygens (including phenoxy) is 1. The van der Waals surface area contributed by atoms with E-state index in [0.717, 1.165) is 18.2 Å². The topological polar surface area (TPSA) is 55.6 Å². The second kappa shape index (κ2) is 7.89. The molecule has 0 aliphatic rings. The Hall–Kier alpha value is -3.45. The third-order valence-electron chi connectivity index (χ3n) is 4.15. The molecule has 0 spiro atoms. The average molecular weight is 414 g/mol. The van der Waals surface area contributed by atoms with Crippen molar-refractivity contribution in [1.82, 2.24) is 9.38 Å². The summed E-state index contributed by atoms with van der Waals surface area (Å²) in [6.45, 7) is -0.285. The van der Waals surface area contributed by atoms with Crippen LogP contribution in [-0.4, -0.2) is 21.9 Å². The third kappa shape index (κ3) is 4.05. The van der Waals surface area contributed by atoms with E-state index in [1.54, 1.807) is 53.1 Å². The molecule has 2 aromatic heterocycles. The molecule has 1 amide bonds. The lowest BCUT2D eigenvalue weighted by Gasteiger charge is -2.10. The summed E-state index contributed by atoms with van der Waals surface area (Å²) in [5.74, 6) is -1.05. The second-order valence-corrected chi connectivity index (χ2v) is 6.59. The van der Waals surface area contributed by atoms with E-state index in [1.807, 2.05) is 0 Å². The van der Waals surface area contributed by atoms with Gasteiger partial charge < -0.3 is 10.1 Å². The molecule has 0 bridgehead atoms. The number of hydrogen-bond acceptors (Lipinski definition) is 3. The number of carbonyl (C=O) groups excluding carboxylic acids is 1. The summed E-state index contributed by atoms with van der Waals surface area (Å²) in [6.07, 6.45) is 1.67. The van der Waals surface area contributed by atoms with Gasteiger partial charge in [-0.1, -0.05) is 17.7 Å². The molecule has 0 saturated heterocycles. The molecule has 0 unspecified atom stereocenters. The van der Waals surface area contributed by atoms with E-state index in [-0.39, 0.29) is 23.7 Å². The predicted molar refractivity (Wildman–Crippen MR) is 106 cm³/mol. The number of rotatable bonds is 5. The monoisotopic (exact) mass is 413 g/mol. The number of pyridine rings is 1. The van der Waals surface area contributed by atoms with Crippen LogP contribution >= 0.6 is 11.6 Å². The summed E-state index contributed by atoms with van der Waals surface area (Å²) in [4.78, 5) is 16.8. The SMILES string of the molecule is O=C(COc1ccc(Cl)cc1)Nc1c(-c2cc(F)ccc2F)nc2ccccn12. The minimum absolute atomic E-state index is 0.0531. The van der Waals surface area contributed by atoms with Gasteiger partial charge in [-0.25, -0.2) is 13.8 Å². The quantitative estimate of drug-likeness (QED) is 0.503. The number of fused-ring (bicyclic) bond motifs is 1. The van der Waals surface area contributed by atoms with Crippen LogP contribution in [0.25, 0.3) is 16.9 Å². The lowest BCUT2D eigenvalue weighted by atomic mass is 10.1. The minimum atomic E-state index is -0.650. The van der Waals surface area contributed by atoms with Crippen LogP contribution in [0.2, 0.25) is 5.02 Å². The van der Waals surface area contributed by atoms with E-state index in [1.165, 1.54) is 0 Å². The van der Waals surface area contributed by atoms with Crippen molar-refractivity contribution in [3.8, 4) is 17.0 Å². The number of hydrogen-bond donors (Lipinski definition) is 1. The van der Waals surface area contributed by atoms with Gasteiger partial charge >= 0.3 is 0 Å². The zero-order valence-electron chi connectivity index (χ0n) is 14.9. The van der Waals surface area contributed by atoms with Gasteiger partial charge in [0.05, 0.1) is 0 Å². The molecule has 5 nitrogen and oxygen atoms in total. The Bertz CT molecular complexity index is 1190. The summed E-state index contributed by atoms with van der Waals surface area (Å²) < 4.78 is 35.1. The van der Waals surface area contributed by atoms with Crippen LogP contribution < -0.4 is 10.1 Å². The maximum absolute atomic E-state index is 14.3. The molecule has 4 aromatic rings. The fourth-order valence-electron chi connectivity index (χ4n) is 2.83. The van der Waals surface area contributed by atoms with Crippen molar-refractivity contribution in [1.29, 1.82) is 0 Å². The maximum atomic E-state index is 14.3. The highest BCUT2D eigenvalue weighted by atomic mass is 35.5. The first-order valence-corrected chi connectivity index (χ1v) is 9.00. The molecule has 2 heterocycles. The first kappa shape index (κ1) is 18.9. The van der Waals surface area contributed by atoms with Crippen molar-refractivity contribution in [2.45, 2.75) is 0 Å². The smallest absolute Gasteiger partial charge is 0.263 e. The number of benzene rings is 2. The Kier molecular flexibility index (Phi) is 5.14. The molecule has 1 N–H and O–H groups in total. The van der Waals surface area contributed by atoms with E-state index >= 15 is 0 Å². The van der Waals surface area contributed by atoms with Crippen LogP contribution in [0.4, 0.5) is 14.6 Å². The number of nitrogens with one attached hydrogen (secondary N) is 1. The molecule has 0 aliphatic carbocycles. The highest BCUT2D eigenvalue weighted by Crippen LogP contribution is 2.31. The lowest BCUT2D eigenvalue weighted by molar-refractivity contribution is -0.118. The fourth-order valence-corrected chi connectivity index (χ4v) is 2.96. The second-order valence-electron chi connectivity index (χ2n) is 6.15. The number of anilines is 1. The zero-order valence-corrected chi connectivity index (χ0v) is 15.7. The van der Waals surface area contributed by atoms with Crippen molar-refractivity contribution in [3.05, 3.63) is 83.5 Å². The number of halogens is 3. The number of amides is 1. The maximum Gasteiger partial charge on any atom is 0.263 e. The largest absolute Gasteiger partial charge is 0.484 e. The van der Waals surface area contributed by atoms with Crippen molar-refractivity contribution >= 4 is 29.0 Å². The fraction of sp³-hybridized carbons (Fsp3) is 0.0476. The number of nitrogens with zero attached hydrogens (tertiary/aromatic N) is 2. The Morgan fingerprint density at radius 1 is 1.10 bits per heavy atom. The number of carbonyl (C=O) groups is 1. The molecule has 0 fully saturated rings. The summed E-state index contributed by atoms with van der Waals surface area (Å²) in [5.41, 5.74) is 0.538. The van der Waals surface area contributed by atoms with Gasteiger partial charge in [0, 0.05) is 16.8 Å². The van der Waals surface area contributed by atoms with Gasteiger partial charge in [0.2, 0.25) is 0 Å². The van der Waals surface area contributed by atoms with Gasteiger partial charge in [-0.3, -0.25) is 9.20 Å². The highest BCUT2D eigenvalue weighted by molar-refractivity contribution is 6.30. The van der Waals surface area contributed by atoms with Gasteiger partial charge in [-0.2, -0.15) is 0 Å². The van der Waals surface area contributed by atoms with Crippen LogP contribution in [0, 0.1) is 11.6 Å². The highest BCUT2D eigenvalue weighted by Gasteiger charge is 2.19. The molecular weight excluding hydrogens is 400 g/mol. The van der Waals surface area contributed by atoms with E-state index < -0.39 is 17.5 Å². The lowest BCUT2D eigenvalue weighted by Crippen LogP contribution is -2.21. The Balaban J connectivity index is 1.64.